The van der Waals surface area contributed by atoms with Crippen molar-refractivity contribution in [1.82, 2.24) is 10.2 Å². The van der Waals surface area contributed by atoms with Crippen molar-refractivity contribution in [2.24, 2.45) is 0 Å². The zero-order valence-corrected chi connectivity index (χ0v) is 26.4. The number of sulfonamides is 1. The standard InChI is InChI=1S/C31H35BrClN3O4S/c1-22-17-27(15-16-28(22)32)36(41(2,39)40)21-30(37)35(20-24-11-8-12-25(33)18-24)29(19-23-9-4-3-5-10-23)31(38)34-26-13-6-7-14-26/h3-5,8-12,15-18,26,29H,6-7,13-14,19-21H2,1-2H3,(H,34,38). The molecule has 218 valence electrons. The lowest BCUT2D eigenvalue weighted by atomic mass is 10.0. The van der Waals surface area contributed by atoms with E-state index in [9.17, 15) is 18.0 Å². The van der Waals surface area contributed by atoms with Gasteiger partial charge < -0.3 is 10.2 Å². The fourth-order valence-corrected chi connectivity index (χ4v) is 6.45. The molecule has 3 aromatic carbocycles. The van der Waals surface area contributed by atoms with E-state index in [4.69, 9.17) is 11.6 Å². The van der Waals surface area contributed by atoms with Crippen LogP contribution in [0.3, 0.4) is 0 Å². The SMILES string of the molecule is Cc1cc(N(CC(=O)N(Cc2cccc(Cl)c2)C(Cc2ccccc2)C(=O)NC2CCCC2)S(C)(=O)=O)ccc1Br. The number of anilines is 1. The molecule has 10 heteroatoms. The molecule has 0 spiro atoms. The van der Waals surface area contributed by atoms with Crippen LogP contribution < -0.4 is 9.62 Å². The Bertz CT molecular complexity index is 1480. The topological polar surface area (TPSA) is 86.8 Å². The minimum absolute atomic E-state index is 0.0575. The van der Waals surface area contributed by atoms with E-state index in [-0.39, 0.29) is 24.9 Å². The molecule has 7 nitrogen and oxygen atoms in total. The lowest BCUT2D eigenvalue weighted by molar-refractivity contribution is -0.140. The normalized spacial score (nSPS) is 14.4. The second kappa shape index (κ2) is 13.9. The summed E-state index contributed by atoms with van der Waals surface area (Å²) in [6, 6.07) is 21.0. The van der Waals surface area contributed by atoms with Gasteiger partial charge in [-0.1, -0.05) is 82.8 Å². The van der Waals surface area contributed by atoms with Crippen molar-refractivity contribution >= 4 is 55.1 Å². The molecule has 1 N–H and O–H groups in total. The Labute approximate surface area is 256 Å². The third kappa shape index (κ3) is 8.56. The predicted molar refractivity (Wildman–Crippen MR) is 167 cm³/mol. The van der Waals surface area contributed by atoms with Crippen molar-refractivity contribution in [2.45, 2.75) is 57.7 Å². The number of hydrogen-bond acceptors (Lipinski definition) is 4. The number of rotatable bonds is 11. The third-order valence-corrected chi connectivity index (χ3v) is 9.59. The number of amides is 2. The summed E-state index contributed by atoms with van der Waals surface area (Å²) in [5, 5.41) is 3.67. The first-order valence-electron chi connectivity index (χ1n) is 13.6. The van der Waals surface area contributed by atoms with Gasteiger partial charge in [-0.15, -0.1) is 0 Å². The Hall–Kier alpha value is -2.88. The first-order chi connectivity index (χ1) is 19.5. The highest BCUT2D eigenvalue weighted by atomic mass is 79.9. The minimum Gasteiger partial charge on any atom is -0.352 e. The van der Waals surface area contributed by atoms with E-state index in [0.29, 0.717) is 10.7 Å². The number of carbonyl (C=O) groups is 2. The van der Waals surface area contributed by atoms with Crippen molar-refractivity contribution < 1.29 is 18.0 Å². The molecule has 2 amide bonds. The van der Waals surface area contributed by atoms with E-state index >= 15 is 0 Å². The van der Waals surface area contributed by atoms with Crippen LogP contribution >= 0.6 is 27.5 Å². The van der Waals surface area contributed by atoms with Gasteiger partial charge in [-0.2, -0.15) is 0 Å². The van der Waals surface area contributed by atoms with Crippen LogP contribution in [0.15, 0.2) is 77.3 Å². The van der Waals surface area contributed by atoms with Crippen LogP contribution in [0.4, 0.5) is 5.69 Å². The van der Waals surface area contributed by atoms with E-state index in [1.165, 1.54) is 4.90 Å². The molecule has 1 aliphatic rings. The number of benzene rings is 3. The Morgan fingerprint density at radius 2 is 1.68 bits per heavy atom. The number of nitrogens with one attached hydrogen (secondary N) is 1. The average molecular weight is 661 g/mol. The van der Waals surface area contributed by atoms with Gasteiger partial charge in [0.25, 0.3) is 0 Å². The number of aryl methyl sites for hydroxylation is 1. The zero-order chi connectivity index (χ0) is 29.6. The summed E-state index contributed by atoms with van der Waals surface area (Å²) in [7, 11) is -3.83. The Morgan fingerprint density at radius 1 is 1.00 bits per heavy atom. The van der Waals surface area contributed by atoms with Crippen molar-refractivity contribution in [3.05, 3.63) is 99.0 Å². The fourth-order valence-electron chi connectivity index (χ4n) is 5.15. The second-order valence-electron chi connectivity index (χ2n) is 10.6. The number of hydrogen-bond donors (Lipinski definition) is 1. The summed E-state index contributed by atoms with van der Waals surface area (Å²) in [5.41, 5.74) is 2.84. The predicted octanol–water partition coefficient (Wildman–Crippen LogP) is 5.88. The summed E-state index contributed by atoms with van der Waals surface area (Å²) in [6.07, 6.45) is 5.26. The van der Waals surface area contributed by atoms with Gasteiger partial charge in [0.15, 0.2) is 0 Å². The molecule has 0 aromatic heterocycles. The van der Waals surface area contributed by atoms with Gasteiger partial charge in [0.2, 0.25) is 21.8 Å². The number of halogens is 2. The summed E-state index contributed by atoms with van der Waals surface area (Å²) >= 11 is 9.72. The molecular formula is C31H35BrClN3O4S. The van der Waals surface area contributed by atoms with Crippen LogP contribution in [-0.4, -0.2) is 50.0 Å². The van der Waals surface area contributed by atoms with Gasteiger partial charge in [0, 0.05) is 28.5 Å². The largest absolute Gasteiger partial charge is 0.352 e. The van der Waals surface area contributed by atoms with Crippen molar-refractivity contribution in [1.29, 1.82) is 0 Å². The molecule has 0 aliphatic heterocycles. The van der Waals surface area contributed by atoms with Gasteiger partial charge >= 0.3 is 0 Å². The van der Waals surface area contributed by atoms with E-state index in [2.05, 4.69) is 21.2 Å². The molecule has 1 saturated carbocycles. The average Bonchev–Trinajstić information content (AvgIpc) is 3.44. The molecule has 0 radical (unpaired) electrons. The van der Waals surface area contributed by atoms with Crippen molar-refractivity contribution in [3.63, 3.8) is 0 Å². The molecule has 1 aliphatic carbocycles. The second-order valence-corrected chi connectivity index (χ2v) is 13.7. The Kier molecular flexibility index (Phi) is 10.5. The lowest BCUT2D eigenvalue weighted by Gasteiger charge is -2.34. The molecule has 0 heterocycles. The van der Waals surface area contributed by atoms with Crippen LogP contribution in [0, 0.1) is 6.92 Å². The number of carbonyl (C=O) groups excluding carboxylic acids is 2. The molecule has 1 unspecified atom stereocenters. The summed E-state index contributed by atoms with van der Waals surface area (Å²) in [5.74, 6) is -0.736. The van der Waals surface area contributed by atoms with Crippen LogP contribution in [0.25, 0.3) is 0 Å². The summed E-state index contributed by atoms with van der Waals surface area (Å²) < 4.78 is 27.8. The van der Waals surface area contributed by atoms with E-state index in [1.807, 2.05) is 43.3 Å². The highest BCUT2D eigenvalue weighted by Gasteiger charge is 2.34. The summed E-state index contributed by atoms with van der Waals surface area (Å²) in [6.45, 7) is 1.49. The maximum absolute atomic E-state index is 14.2. The molecule has 41 heavy (non-hydrogen) atoms. The van der Waals surface area contributed by atoms with Crippen LogP contribution in [-0.2, 0) is 32.6 Å². The number of nitrogens with zero attached hydrogens (tertiary/aromatic N) is 2. The highest BCUT2D eigenvalue weighted by molar-refractivity contribution is 9.10. The van der Waals surface area contributed by atoms with E-state index in [0.717, 1.165) is 57.4 Å². The first-order valence-corrected chi connectivity index (χ1v) is 16.7. The fraction of sp³-hybridized carbons (Fsp3) is 0.355. The van der Waals surface area contributed by atoms with Gasteiger partial charge in [-0.25, -0.2) is 8.42 Å². The Balaban J connectivity index is 1.73. The zero-order valence-electron chi connectivity index (χ0n) is 23.2. The molecular weight excluding hydrogens is 626 g/mol. The van der Waals surface area contributed by atoms with E-state index < -0.39 is 28.5 Å². The van der Waals surface area contributed by atoms with Crippen molar-refractivity contribution in [3.8, 4) is 0 Å². The molecule has 0 saturated heterocycles. The molecule has 4 rings (SSSR count). The monoisotopic (exact) mass is 659 g/mol. The minimum atomic E-state index is -3.83. The molecule has 1 fully saturated rings. The van der Waals surface area contributed by atoms with Crippen LogP contribution in [0.1, 0.15) is 42.4 Å². The van der Waals surface area contributed by atoms with Gasteiger partial charge in [0.1, 0.15) is 12.6 Å². The van der Waals surface area contributed by atoms with Crippen molar-refractivity contribution in [2.75, 3.05) is 17.1 Å². The van der Waals surface area contributed by atoms with Crippen LogP contribution in [0.5, 0.6) is 0 Å². The maximum Gasteiger partial charge on any atom is 0.244 e. The van der Waals surface area contributed by atoms with Gasteiger partial charge in [-0.3, -0.25) is 13.9 Å². The Morgan fingerprint density at radius 3 is 2.32 bits per heavy atom. The third-order valence-electron chi connectivity index (χ3n) is 7.32. The van der Waals surface area contributed by atoms with Gasteiger partial charge in [0.05, 0.1) is 11.9 Å². The van der Waals surface area contributed by atoms with Crippen LogP contribution in [0.2, 0.25) is 5.02 Å². The van der Waals surface area contributed by atoms with Gasteiger partial charge in [-0.05, 0) is 66.8 Å². The maximum atomic E-state index is 14.2. The molecule has 1 atom stereocenters. The quantitative estimate of drug-likeness (QED) is 0.279. The highest BCUT2D eigenvalue weighted by Crippen LogP contribution is 2.26. The van der Waals surface area contributed by atoms with E-state index in [1.54, 1.807) is 36.4 Å². The lowest BCUT2D eigenvalue weighted by Crippen LogP contribution is -2.54. The summed E-state index contributed by atoms with van der Waals surface area (Å²) in [4.78, 5) is 29.6. The smallest absolute Gasteiger partial charge is 0.244 e. The molecule has 3 aromatic rings. The molecule has 0 bridgehead atoms. The first kappa shape index (κ1) is 31.1.